The minimum absolute atomic E-state index is 0.0892. The van der Waals surface area contributed by atoms with Gasteiger partial charge in [-0.25, -0.2) is 9.97 Å². The maximum Gasteiger partial charge on any atom is 0.265 e. The molecule has 0 N–H and O–H groups in total. The molecule has 5 heteroatoms. The molecule has 0 saturated carbocycles. The van der Waals surface area contributed by atoms with Gasteiger partial charge in [-0.15, -0.1) is 0 Å². The zero-order valence-corrected chi connectivity index (χ0v) is 27.9. The highest BCUT2D eigenvalue weighted by Crippen LogP contribution is 2.40. The smallest absolute Gasteiger partial charge is 0.265 e. The van der Waals surface area contributed by atoms with E-state index in [4.69, 9.17) is 9.97 Å². The first-order chi connectivity index (χ1) is 25.7. The molecule has 5 nitrogen and oxygen atoms in total. The number of nitrogens with zero attached hydrogens (tertiary/aromatic N) is 4. The number of benzene rings is 8. The monoisotopic (exact) mass is 664 g/mol. The van der Waals surface area contributed by atoms with Gasteiger partial charge < -0.3 is 0 Å². The van der Waals surface area contributed by atoms with Crippen LogP contribution in [0.5, 0.6) is 0 Å². The largest absolute Gasteiger partial charge is 0.277 e. The fourth-order valence-corrected chi connectivity index (χ4v) is 8.27. The molecule has 0 bridgehead atoms. The van der Waals surface area contributed by atoms with Gasteiger partial charge in [0.2, 0.25) is 5.95 Å². The minimum atomic E-state index is -0.0892. The molecule has 0 aliphatic rings. The molecule has 0 aliphatic heterocycles. The Hall–Kier alpha value is -7.11. The average molecular weight is 665 g/mol. The molecule has 0 aliphatic carbocycles. The number of rotatable bonds is 3. The number of fused-ring (bicyclic) bond motifs is 12. The van der Waals surface area contributed by atoms with Crippen LogP contribution in [0.2, 0.25) is 0 Å². The second-order valence-corrected chi connectivity index (χ2v) is 13.3. The molecule has 0 unspecified atom stereocenters. The number of aromatic nitrogens is 4. The van der Waals surface area contributed by atoms with Crippen molar-refractivity contribution in [3.05, 3.63) is 180 Å². The van der Waals surface area contributed by atoms with Gasteiger partial charge in [-0.1, -0.05) is 140 Å². The van der Waals surface area contributed by atoms with Crippen LogP contribution in [0.1, 0.15) is 0 Å². The van der Waals surface area contributed by atoms with Crippen LogP contribution in [0.15, 0.2) is 175 Å². The van der Waals surface area contributed by atoms with Gasteiger partial charge in [0, 0.05) is 32.8 Å². The maximum absolute atomic E-state index is 15.3. The zero-order valence-electron chi connectivity index (χ0n) is 27.9. The first-order valence-corrected chi connectivity index (χ1v) is 17.5. The molecule has 0 radical (unpaired) electrons. The third-order valence-corrected chi connectivity index (χ3v) is 10.5. The number of para-hydroxylation sites is 2. The predicted molar refractivity (Wildman–Crippen MR) is 215 cm³/mol. The van der Waals surface area contributed by atoms with Crippen LogP contribution in [-0.2, 0) is 0 Å². The molecule has 8 aromatic carbocycles. The van der Waals surface area contributed by atoms with Crippen molar-refractivity contribution in [3.63, 3.8) is 0 Å². The van der Waals surface area contributed by atoms with Crippen LogP contribution in [-0.4, -0.2) is 19.1 Å². The van der Waals surface area contributed by atoms with Gasteiger partial charge in [-0.05, 0) is 57.3 Å². The Morgan fingerprint density at radius 1 is 0.404 bits per heavy atom. The van der Waals surface area contributed by atoms with E-state index in [1.54, 1.807) is 0 Å². The van der Waals surface area contributed by atoms with Crippen molar-refractivity contribution in [3.8, 4) is 22.9 Å². The third kappa shape index (κ3) is 4.02. The van der Waals surface area contributed by atoms with E-state index in [2.05, 4.69) is 120 Å². The molecule has 11 aromatic rings. The molecule has 0 fully saturated rings. The van der Waals surface area contributed by atoms with Crippen molar-refractivity contribution in [2.24, 2.45) is 0 Å². The van der Waals surface area contributed by atoms with Gasteiger partial charge >= 0.3 is 0 Å². The number of hydrogen-bond donors (Lipinski definition) is 0. The Balaban J connectivity index is 1.37. The highest BCUT2D eigenvalue weighted by atomic mass is 16.1. The van der Waals surface area contributed by atoms with Crippen LogP contribution in [0.25, 0.3) is 98.8 Å². The Bertz CT molecular complexity index is 3310. The fraction of sp³-hybridized carbons (Fsp3) is 0. The highest BCUT2D eigenvalue weighted by molar-refractivity contribution is 6.26. The minimum Gasteiger partial charge on any atom is -0.277 e. The molecule has 3 heterocycles. The molecule has 3 aromatic heterocycles. The van der Waals surface area contributed by atoms with Gasteiger partial charge in [0.25, 0.3) is 5.56 Å². The first-order valence-electron chi connectivity index (χ1n) is 17.5. The highest BCUT2D eigenvalue weighted by Gasteiger charge is 2.24. The molecular formula is C47H28N4O. The van der Waals surface area contributed by atoms with Gasteiger partial charge in [-0.2, -0.15) is 0 Å². The molecular weight excluding hydrogens is 637 g/mol. The lowest BCUT2D eigenvalue weighted by atomic mass is 9.97. The summed E-state index contributed by atoms with van der Waals surface area (Å²) in [4.78, 5) is 26.1. The lowest BCUT2D eigenvalue weighted by molar-refractivity contribution is 1.01. The Morgan fingerprint density at radius 2 is 1.02 bits per heavy atom. The van der Waals surface area contributed by atoms with Crippen LogP contribution >= 0.6 is 0 Å². The van der Waals surface area contributed by atoms with E-state index in [-0.39, 0.29) is 5.56 Å². The first kappa shape index (κ1) is 28.7. The third-order valence-electron chi connectivity index (χ3n) is 10.5. The summed E-state index contributed by atoms with van der Waals surface area (Å²) in [5, 5.41) is 10.0. The van der Waals surface area contributed by atoms with Gasteiger partial charge in [-0.3, -0.25) is 13.9 Å². The molecule has 11 rings (SSSR count). The summed E-state index contributed by atoms with van der Waals surface area (Å²) in [6.45, 7) is 0. The molecule has 0 atom stereocenters. The lowest BCUT2D eigenvalue weighted by Crippen LogP contribution is -2.20. The van der Waals surface area contributed by atoms with E-state index in [9.17, 15) is 0 Å². The van der Waals surface area contributed by atoms with E-state index >= 15 is 4.79 Å². The van der Waals surface area contributed by atoms with Crippen LogP contribution in [0.4, 0.5) is 0 Å². The molecule has 0 saturated heterocycles. The SMILES string of the molecule is O=c1c2c(ccc3c4ccccc4n(-c4nc(-c5ccccc5)c5c(ccc6ccccc65)n4)c32)c2c3ccccc3ccc2n1-c1ccccc1. The van der Waals surface area contributed by atoms with Crippen LogP contribution in [0, 0.1) is 0 Å². The van der Waals surface area contributed by atoms with Crippen molar-refractivity contribution in [2.75, 3.05) is 0 Å². The topological polar surface area (TPSA) is 52.7 Å². The Morgan fingerprint density at radius 3 is 1.79 bits per heavy atom. The van der Waals surface area contributed by atoms with Crippen LogP contribution < -0.4 is 5.56 Å². The summed E-state index contributed by atoms with van der Waals surface area (Å²) < 4.78 is 3.98. The second-order valence-electron chi connectivity index (χ2n) is 13.3. The van der Waals surface area contributed by atoms with E-state index in [1.807, 2.05) is 59.2 Å². The van der Waals surface area contributed by atoms with Crippen molar-refractivity contribution in [2.45, 2.75) is 0 Å². The number of pyridine rings is 1. The zero-order chi connectivity index (χ0) is 34.3. The maximum atomic E-state index is 15.3. The summed E-state index contributed by atoms with van der Waals surface area (Å²) in [6, 6.07) is 58.1. The summed E-state index contributed by atoms with van der Waals surface area (Å²) in [6.07, 6.45) is 0. The number of hydrogen-bond acceptors (Lipinski definition) is 3. The average Bonchev–Trinajstić information content (AvgIpc) is 3.55. The standard InChI is InChI=1S/C47H28N4O/c52-46-43-37(41-33-19-9-7-14-30(33)24-28-40(41)50(46)32-17-5-2-6-18-32)26-25-36-35-21-11-12-22-39(35)51(45(36)43)47-48-38-27-23-29-13-8-10-20-34(29)42(38)44(49-47)31-15-3-1-4-16-31/h1-28H. The van der Waals surface area contributed by atoms with E-state index in [1.165, 1.54) is 0 Å². The Kier molecular flexibility index (Phi) is 6.04. The van der Waals surface area contributed by atoms with Crippen molar-refractivity contribution in [1.82, 2.24) is 19.1 Å². The van der Waals surface area contributed by atoms with Gasteiger partial charge in [0.05, 0.1) is 33.1 Å². The predicted octanol–water partition coefficient (Wildman–Crippen LogP) is 11.2. The Labute approximate surface area is 297 Å². The van der Waals surface area contributed by atoms with Crippen LogP contribution in [0.3, 0.4) is 0 Å². The van der Waals surface area contributed by atoms with Gasteiger partial charge in [0.1, 0.15) is 0 Å². The lowest BCUT2D eigenvalue weighted by Gasteiger charge is -2.17. The molecule has 52 heavy (non-hydrogen) atoms. The fourth-order valence-electron chi connectivity index (χ4n) is 8.27. The molecule has 242 valence electrons. The van der Waals surface area contributed by atoms with E-state index in [0.29, 0.717) is 11.3 Å². The van der Waals surface area contributed by atoms with Crippen molar-refractivity contribution in [1.29, 1.82) is 0 Å². The molecule has 0 amide bonds. The van der Waals surface area contributed by atoms with Crippen molar-refractivity contribution >= 4 is 75.9 Å². The summed E-state index contributed by atoms with van der Waals surface area (Å²) in [5.74, 6) is 0.518. The molecule has 0 spiro atoms. The normalized spacial score (nSPS) is 11.9. The van der Waals surface area contributed by atoms with E-state index in [0.717, 1.165) is 87.5 Å². The van der Waals surface area contributed by atoms with E-state index < -0.39 is 0 Å². The van der Waals surface area contributed by atoms with Crippen molar-refractivity contribution < 1.29 is 0 Å². The van der Waals surface area contributed by atoms with Gasteiger partial charge in [0.15, 0.2) is 0 Å². The summed E-state index contributed by atoms with van der Waals surface area (Å²) in [5.41, 5.74) is 6.01. The second kappa shape index (κ2) is 10.9. The summed E-state index contributed by atoms with van der Waals surface area (Å²) in [7, 11) is 0. The summed E-state index contributed by atoms with van der Waals surface area (Å²) >= 11 is 0. The quantitative estimate of drug-likeness (QED) is 0.177.